The summed E-state index contributed by atoms with van der Waals surface area (Å²) in [6.45, 7) is 2.01. The smallest absolute Gasteiger partial charge is 0.334 e. The molecule has 0 aliphatic heterocycles. The van der Waals surface area contributed by atoms with E-state index in [1.165, 1.54) is 7.11 Å². The third kappa shape index (κ3) is 3.77. The van der Waals surface area contributed by atoms with Crippen molar-refractivity contribution in [3.63, 3.8) is 0 Å². The van der Waals surface area contributed by atoms with Gasteiger partial charge in [-0.2, -0.15) is 5.26 Å². The fourth-order valence-corrected chi connectivity index (χ4v) is 0.763. The molecule has 0 unspecified atom stereocenters. The minimum absolute atomic E-state index is 0.132. The normalized spacial score (nSPS) is 10.6. The molecule has 0 aromatic carbocycles. The van der Waals surface area contributed by atoms with Gasteiger partial charge in [-0.15, -0.1) is 0 Å². The minimum Gasteiger partial charge on any atom is -0.466 e. The first-order chi connectivity index (χ1) is 5.76. The summed E-state index contributed by atoms with van der Waals surface area (Å²) in [5.41, 5.74) is 0.460. The van der Waals surface area contributed by atoms with E-state index in [9.17, 15) is 4.79 Å². The van der Waals surface area contributed by atoms with E-state index in [1.54, 1.807) is 6.08 Å². The number of carbonyl (C=O) groups is 1. The van der Waals surface area contributed by atoms with Crippen LogP contribution >= 0.6 is 0 Å². The number of rotatable bonds is 4. The highest BCUT2D eigenvalue weighted by atomic mass is 16.5. The van der Waals surface area contributed by atoms with Gasteiger partial charge in [0.05, 0.1) is 19.6 Å². The van der Waals surface area contributed by atoms with E-state index < -0.39 is 5.97 Å². The lowest BCUT2D eigenvalue weighted by Gasteiger charge is -1.99. The number of hydrogen-bond acceptors (Lipinski definition) is 3. The average Bonchev–Trinajstić information content (AvgIpc) is 2.11. The Labute approximate surface area is 72.6 Å². The third-order valence-electron chi connectivity index (χ3n) is 1.40. The lowest BCUT2D eigenvalue weighted by Crippen LogP contribution is -2.04. The number of methoxy groups -OCH3 is 1. The Morgan fingerprint density at radius 1 is 1.67 bits per heavy atom. The highest BCUT2D eigenvalue weighted by molar-refractivity contribution is 5.88. The van der Waals surface area contributed by atoms with Crippen LogP contribution in [0.4, 0.5) is 0 Å². The molecule has 3 nitrogen and oxygen atoms in total. The molecule has 0 aromatic rings. The van der Waals surface area contributed by atoms with Crippen molar-refractivity contribution in [1.29, 1.82) is 5.26 Å². The summed E-state index contributed by atoms with van der Waals surface area (Å²) < 4.78 is 4.50. The molecule has 0 atom stereocenters. The van der Waals surface area contributed by atoms with Crippen LogP contribution in [-0.2, 0) is 9.53 Å². The third-order valence-corrected chi connectivity index (χ3v) is 1.40. The van der Waals surface area contributed by atoms with E-state index in [2.05, 4.69) is 4.74 Å². The number of carbonyl (C=O) groups excluding carboxylic acids is 1. The topological polar surface area (TPSA) is 50.1 Å². The van der Waals surface area contributed by atoms with Gasteiger partial charge in [0.15, 0.2) is 0 Å². The van der Waals surface area contributed by atoms with Gasteiger partial charge in [0.1, 0.15) is 0 Å². The summed E-state index contributed by atoms with van der Waals surface area (Å²) in [6.07, 6.45) is 3.67. The zero-order chi connectivity index (χ0) is 9.40. The van der Waals surface area contributed by atoms with Gasteiger partial charge >= 0.3 is 5.97 Å². The van der Waals surface area contributed by atoms with Crippen molar-refractivity contribution in [3.8, 4) is 6.07 Å². The molecule has 0 heterocycles. The number of ether oxygens (including phenoxy) is 1. The Balaban J connectivity index is 4.23. The lowest BCUT2D eigenvalue weighted by molar-refractivity contribution is -0.136. The van der Waals surface area contributed by atoms with E-state index in [0.29, 0.717) is 5.57 Å². The predicted molar refractivity (Wildman–Crippen MR) is 45.2 cm³/mol. The maximum absolute atomic E-state index is 11.0. The summed E-state index contributed by atoms with van der Waals surface area (Å²) in [6, 6.07) is 1.92. The summed E-state index contributed by atoms with van der Waals surface area (Å²) >= 11 is 0. The minimum atomic E-state index is -0.398. The van der Waals surface area contributed by atoms with Crippen molar-refractivity contribution in [2.75, 3.05) is 7.11 Å². The van der Waals surface area contributed by atoms with E-state index in [1.807, 2.05) is 13.0 Å². The highest BCUT2D eigenvalue weighted by Crippen LogP contribution is 2.05. The van der Waals surface area contributed by atoms with Crippen LogP contribution in [-0.4, -0.2) is 13.1 Å². The molecule has 0 aliphatic carbocycles. The molecule has 0 aliphatic rings. The second-order valence-electron chi connectivity index (χ2n) is 2.34. The van der Waals surface area contributed by atoms with Gasteiger partial charge in [0.2, 0.25) is 0 Å². The lowest BCUT2D eigenvalue weighted by atomic mass is 10.1. The van der Waals surface area contributed by atoms with Crippen molar-refractivity contribution in [2.45, 2.75) is 26.2 Å². The van der Waals surface area contributed by atoms with Crippen LogP contribution in [0, 0.1) is 11.3 Å². The molecule has 0 bridgehead atoms. The monoisotopic (exact) mass is 167 g/mol. The first-order valence-corrected chi connectivity index (χ1v) is 3.90. The van der Waals surface area contributed by atoms with Crippen LogP contribution in [0.25, 0.3) is 0 Å². The largest absolute Gasteiger partial charge is 0.466 e. The standard InChI is InChI=1S/C9H13NO2/c1-3-4-5-8(6-7-10)9(11)12-2/h5H,3-4,6H2,1-2H3. The Bertz CT molecular complexity index is 213. The second kappa shape index (κ2) is 6.41. The van der Waals surface area contributed by atoms with Crippen LogP contribution < -0.4 is 0 Å². The Morgan fingerprint density at radius 3 is 2.75 bits per heavy atom. The molecule has 0 saturated heterocycles. The number of nitriles is 1. The highest BCUT2D eigenvalue weighted by Gasteiger charge is 2.07. The van der Waals surface area contributed by atoms with E-state index >= 15 is 0 Å². The first kappa shape index (κ1) is 10.7. The number of nitrogens with zero attached hydrogens (tertiary/aromatic N) is 1. The van der Waals surface area contributed by atoms with Gasteiger partial charge in [0, 0.05) is 5.57 Å². The predicted octanol–water partition coefficient (Wildman–Crippen LogP) is 1.80. The fourth-order valence-electron chi connectivity index (χ4n) is 0.763. The zero-order valence-corrected chi connectivity index (χ0v) is 7.46. The van der Waals surface area contributed by atoms with E-state index in [0.717, 1.165) is 12.8 Å². The Hall–Kier alpha value is -1.30. The quantitative estimate of drug-likeness (QED) is 0.474. The van der Waals surface area contributed by atoms with Crippen LogP contribution in [0.1, 0.15) is 26.2 Å². The maximum atomic E-state index is 11.0. The molecule has 0 radical (unpaired) electrons. The number of allylic oxidation sites excluding steroid dienone is 1. The van der Waals surface area contributed by atoms with Crippen molar-refractivity contribution in [2.24, 2.45) is 0 Å². The Kier molecular flexibility index (Phi) is 5.72. The molecule has 12 heavy (non-hydrogen) atoms. The van der Waals surface area contributed by atoms with E-state index in [4.69, 9.17) is 5.26 Å². The molecular weight excluding hydrogens is 154 g/mol. The van der Waals surface area contributed by atoms with Crippen molar-refractivity contribution >= 4 is 5.97 Å². The van der Waals surface area contributed by atoms with E-state index in [-0.39, 0.29) is 6.42 Å². The SMILES string of the molecule is CCCC=C(CC#N)C(=O)OC. The molecule has 0 fully saturated rings. The number of unbranched alkanes of at least 4 members (excludes halogenated alkanes) is 1. The maximum Gasteiger partial charge on any atom is 0.334 e. The van der Waals surface area contributed by atoms with Crippen LogP contribution in [0.15, 0.2) is 11.6 Å². The molecule has 0 rings (SSSR count). The molecule has 0 aromatic heterocycles. The van der Waals surface area contributed by atoms with Gasteiger partial charge in [-0.05, 0) is 6.42 Å². The van der Waals surface area contributed by atoms with Crippen LogP contribution in [0.2, 0.25) is 0 Å². The average molecular weight is 167 g/mol. The van der Waals surface area contributed by atoms with Crippen molar-refractivity contribution < 1.29 is 9.53 Å². The van der Waals surface area contributed by atoms with Gasteiger partial charge in [-0.25, -0.2) is 4.79 Å². The van der Waals surface area contributed by atoms with Crippen molar-refractivity contribution in [3.05, 3.63) is 11.6 Å². The molecule has 0 saturated carbocycles. The van der Waals surface area contributed by atoms with Crippen LogP contribution in [0.5, 0.6) is 0 Å². The molecule has 0 spiro atoms. The number of esters is 1. The van der Waals surface area contributed by atoms with Gasteiger partial charge in [0.25, 0.3) is 0 Å². The summed E-state index contributed by atoms with van der Waals surface area (Å²) in [5.74, 6) is -0.398. The number of hydrogen-bond donors (Lipinski definition) is 0. The summed E-state index contributed by atoms with van der Waals surface area (Å²) in [4.78, 5) is 11.0. The molecule has 3 heteroatoms. The Morgan fingerprint density at radius 2 is 2.33 bits per heavy atom. The molecule has 0 amide bonds. The summed E-state index contributed by atoms with van der Waals surface area (Å²) in [7, 11) is 1.32. The second-order valence-corrected chi connectivity index (χ2v) is 2.34. The van der Waals surface area contributed by atoms with Gasteiger partial charge in [-0.3, -0.25) is 0 Å². The molecule has 0 N–H and O–H groups in total. The molecular formula is C9H13NO2. The fraction of sp³-hybridized carbons (Fsp3) is 0.556. The molecule has 66 valence electrons. The van der Waals surface area contributed by atoms with Crippen molar-refractivity contribution in [1.82, 2.24) is 0 Å². The van der Waals surface area contributed by atoms with Gasteiger partial charge < -0.3 is 4.74 Å². The zero-order valence-electron chi connectivity index (χ0n) is 7.46. The summed E-state index contributed by atoms with van der Waals surface area (Å²) in [5, 5.41) is 8.38. The first-order valence-electron chi connectivity index (χ1n) is 3.90. The van der Waals surface area contributed by atoms with Crippen LogP contribution in [0.3, 0.4) is 0 Å². The van der Waals surface area contributed by atoms with Gasteiger partial charge in [-0.1, -0.05) is 19.4 Å².